The molecule has 2 rings (SSSR count). The maximum absolute atomic E-state index is 12.4. The Hall–Kier alpha value is -4.00. The number of carbonyl (C=O) groups excluding carboxylic acids is 4. The van der Waals surface area contributed by atoms with Crippen LogP contribution < -0.4 is 10.7 Å². The molecular weight excluding hydrogens is 406 g/mol. The third-order valence-electron chi connectivity index (χ3n) is 4.52. The Bertz CT molecular complexity index is 1030. The highest BCUT2D eigenvalue weighted by Gasteiger charge is 2.17. The van der Waals surface area contributed by atoms with Gasteiger partial charge < -0.3 is 5.32 Å². The summed E-state index contributed by atoms with van der Waals surface area (Å²) in [5.41, 5.74) is 4.53. The molecule has 0 radical (unpaired) electrons. The van der Waals surface area contributed by atoms with Crippen LogP contribution in [0, 0.1) is 0 Å². The molecule has 0 heterocycles. The van der Waals surface area contributed by atoms with Crippen LogP contribution in [0.1, 0.15) is 46.5 Å². The van der Waals surface area contributed by atoms with Crippen molar-refractivity contribution in [2.45, 2.75) is 20.3 Å². The van der Waals surface area contributed by atoms with Crippen molar-refractivity contribution in [1.82, 2.24) is 15.8 Å². The van der Waals surface area contributed by atoms with Crippen LogP contribution in [0.15, 0.2) is 78.9 Å². The highest BCUT2D eigenvalue weighted by Crippen LogP contribution is 2.11. The van der Waals surface area contributed by atoms with Gasteiger partial charge in [0.05, 0.1) is 0 Å². The summed E-state index contributed by atoms with van der Waals surface area (Å²) in [4.78, 5) is 48.9. The molecule has 2 aromatic carbocycles. The lowest BCUT2D eigenvalue weighted by Crippen LogP contribution is -2.47. The summed E-state index contributed by atoms with van der Waals surface area (Å²) in [6, 6.07) is 15.3. The summed E-state index contributed by atoms with van der Waals surface area (Å²) in [7, 11) is 0. The minimum Gasteiger partial charge on any atom is -0.352 e. The third-order valence-corrected chi connectivity index (χ3v) is 4.52. The average Bonchev–Trinajstić information content (AvgIpc) is 2.80. The van der Waals surface area contributed by atoms with Gasteiger partial charge in [-0.1, -0.05) is 55.6 Å². The molecule has 0 saturated carbocycles. The van der Waals surface area contributed by atoms with Gasteiger partial charge in [0.1, 0.15) is 0 Å². The molecule has 3 amide bonds. The molecule has 0 aromatic heterocycles. The van der Waals surface area contributed by atoms with Gasteiger partial charge in [-0.25, -0.2) is 5.01 Å². The van der Waals surface area contributed by atoms with Crippen LogP contribution >= 0.6 is 0 Å². The summed E-state index contributed by atoms with van der Waals surface area (Å²) >= 11 is 0. The number of hydrogen-bond donors (Lipinski definition) is 2. The first-order valence-corrected chi connectivity index (χ1v) is 10.1. The number of rotatable bonds is 9. The van der Waals surface area contributed by atoms with E-state index in [0.29, 0.717) is 23.1 Å². The Morgan fingerprint density at radius 2 is 1.38 bits per heavy atom. The molecule has 166 valence electrons. The summed E-state index contributed by atoms with van der Waals surface area (Å²) in [6.07, 6.45) is 0.409. The summed E-state index contributed by atoms with van der Waals surface area (Å²) in [6.45, 7) is 10.7. The SMILES string of the molecule is C=C(C)C(=O)NN(CCCNC(=O)c1ccc(C(=O)c2ccccc2)cc1)C(=O)C(=C)C. The van der Waals surface area contributed by atoms with Gasteiger partial charge in [0.15, 0.2) is 5.78 Å². The maximum atomic E-state index is 12.4. The highest BCUT2D eigenvalue weighted by molar-refractivity contribution is 6.09. The van der Waals surface area contributed by atoms with Crippen molar-refractivity contribution >= 4 is 23.5 Å². The normalized spacial score (nSPS) is 10.1. The van der Waals surface area contributed by atoms with Crippen molar-refractivity contribution in [2.75, 3.05) is 13.1 Å². The van der Waals surface area contributed by atoms with Gasteiger partial charge in [-0.05, 0) is 32.4 Å². The molecule has 0 saturated heterocycles. The molecule has 0 aliphatic heterocycles. The molecule has 2 aromatic rings. The lowest BCUT2D eigenvalue weighted by Gasteiger charge is -2.23. The summed E-state index contributed by atoms with van der Waals surface area (Å²) in [5.74, 6) is -1.29. The third kappa shape index (κ3) is 6.77. The molecule has 7 nitrogen and oxygen atoms in total. The molecule has 32 heavy (non-hydrogen) atoms. The van der Waals surface area contributed by atoms with Gasteiger partial charge in [-0.15, -0.1) is 0 Å². The predicted molar refractivity (Wildman–Crippen MR) is 123 cm³/mol. The molecular formula is C25H27N3O4. The van der Waals surface area contributed by atoms with Crippen LogP contribution in [0.2, 0.25) is 0 Å². The van der Waals surface area contributed by atoms with E-state index in [1.54, 1.807) is 55.5 Å². The molecule has 0 atom stereocenters. The zero-order chi connectivity index (χ0) is 23.7. The van der Waals surface area contributed by atoms with Crippen molar-refractivity contribution in [1.29, 1.82) is 0 Å². The maximum Gasteiger partial charge on any atom is 0.267 e. The van der Waals surface area contributed by atoms with E-state index < -0.39 is 11.8 Å². The lowest BCUT2D eigenvalue weighted by atomic mass is 10.0. The Labute approximate surface area is 187 Å². The van der Waals surface area contributed by atoms with Crippen LogP contribution in [0.4, 0.5) is 0 Å². The number of benzene rings is 2. The molecule has 0 bridgehead atoms. The molecule has 0 fully saturated rings. The van der Waals surface area contributed by atoms with Gasteiger partial charge in [0.2, 0.25) is 0 Å². The minimum atomic E-state index is -0.464. The van der Waals surface area contributed by atoms with E-state index in [1.807, 2.05) is 6.07 Å². The van der Waals surface area contributed by atoms with E-state index in [9.17, 15) is 19.2 Å². The van der Waals surface area contributed by atoms with Crippen LogP contribution in [0.25, 0.3) is 0 Å². The van der Waals surface area contributed by atoms with Gasteiger partial charge in [-0.3, -0.25) is 24.6 Å². The number of hydrogen-bond acceptors (Lipinski definition) is 4. The quantitative estimate of drug-likeness (QED) is 0.275. The number of ketones is 1. The van der Waals surface area contributed by atoms with Crippen molar-refractivity contribution in [2.24, 2.45) is 0 Å². The molecule has 0 unspecified atom stereocenters. The molecule has 0 aliphatic rings. The zero-order valence-electron chi connectivity index (χ0n) is 18.3. The number of amides is 3. The Balaban J connectivity index is 1.89. The number of hydrazine groups is 1. The summed E-state index contributed by atoms with van der Waals surface area (Å²) < 4.78 is 0. The fourth-order valence-corrected chi connectivity index (χ4v) is 2.73. The molecule has 0 aliphatic carbocycles. The first-order valence-electron chi connectivity index (χ1n) is 10.1. The van der Waals surface area contributed by atoms with Gasteiger partial charge in [0, 0.05) is 40.9 Å². The van der Waals surface area contributed by atoms with Crippen molar-refractivity contribution < 1.29 is 19.2 Å². The Morgan fingerprint density at radius 3 is 1.94 bits per heavy atom. The fourth-order valence-electron chi connectivity index (χ4n) is 2.73. The number of carbonyl (C=O) groups is 4. The van der Waals surface area contributed by atoms with E-state index in [4.69, 9.17) is 0 Å². The molecule has 0 spiro atoms. The van der Waals surface area contributed by atoms with E-state index in [1.165, 1.54) is 6.92 Å². The topological polar surface area (TPSA) is 95.6 Å². The van der Waals surface area contributed by atoms with Crippen LogP contribution in [-0.2, 0) is 9.59 Å². The zero-order valence-corrected chi connectivity index (χ0v) is 18.3. The Morgan fingerprint density at radius 1 is 0.812 bits per heavy atom. The van der Waals surface area contributed by atoms with Crippen molar-refractivity contribution in [3.63, 3.8) is 0 Å². The average molecular weight is 434 g/mol. The van der Waals surface area contributed by atoms with Crippen molar-refractivity contribution in [3.05, 3.63) is 95.6 Å². The van der Waals surface area contributed by atoms with E-state index in [0.717, 1.165) is 5.01 Å². The van der Waals surface area contributed by atoms with Crippen LogP contribution in [0.5, 0.6) is 0 Å². The largest absolute Gasteiger partial charge is 0.352 e. The van der Waals surface area contributed by atoms with Crippen LogP contribution in [-0.4, -0.2) is 41.6 Å². The lowest BCUT2D eigenvalue weighted by molar-refractivity contribution is -0.137. The first kappa shape index (κ1) is 24.3. The molecule has 7 heteroatoms. The van der Waals surface area contributed by atoms with E-state index in [2.05, 4.69) is 23.9 Å². The second-order valence-electron chi connectivity index (χ2n) is 7.34. The highest BCUT2D eigenvalue weighted by atomic mass is 16.2. The summed E-state index contributed by atoms with van der Waals surface area (Å²) in [5, 5.41) is 3.93. The second kappa shape index (κ2) is 11.4. The fraction of sp³-hybridized carbons (Fsp3) is 0.200. The first-order chi connectivity index (χ1) is 15.2. The standard InChI is InChI=1S/C25H27N3O4/c1-17(2)23(30)27-28(25(32)18(3)4)16-8-15-26-24(31)21-13-11-20(12-14-21)22(29)19-9-6-5-7-10-19/h5-7,9-14H,1,3,8,15-16H2,2,4H3,(H,26,31)(H,27,30). The van der Waals surface area contributed by atoms with E-state index >= 15 is 0 Å². The monoisotopic (exact) mass is 433 g/mol. The Kier molecular flexibility index (Phi) is 8.65. The number of nitrogens with zero attached hydrogens (tertiary/aromatic N) is 1. The van der Waals surface area contributed by atoms with Crippen LogP contribution in [0.3, 0.4) is 0 Å². The number of nitrogens with one attached hydrogen (secondary N) is 2. The van der Waals surface area contributed by atoms with E-state index in [-0.39, 0.29) is 35.9 Å². The van der Waals surface area contributed by atoms with Crippen molar-refractivity contribution in [3.8, 4) is 0 Å². The molecule has 2 N–H and O–H groups in total. The second-order valence-corrected chi connectivity index (χ2v) is 7.34. The van der Waals surface area contributed by atoms with Gasteiger partial charge in [0.25, 0.3) is 17.7 Å². The minimum absolute atomic E-state index is 0.114. The predicted octanol–water partition coefficient (Wildman–Crippen LogP) is 3.05. The van der Waals surface area contributed by atoms with Gasteiger partial charge >= 0.3 is 0 Å². The van der Waals surface area contributed by atoms with Gasteiger partial charge in [-0.2, -0.15) is 0 Å². The smallest absolute Gasteiger partial charge is 0.267 e.